The summed E-state index contributed by atoms with van der Waals surface area (Å²) in [6.07, 6.45) is 0. The fourth-order valence-electron chi connectivity index (χ4n) is 3.52. The number of Topliss-reactive ketones (excluding diaryl/α,β-unsaturated/α-hetero) is 1. The zero-order valence-corrected chi connectivity index (χ0v) is 18.5. The second-order valence-corrected chi connectivity index (χ2v) is 10.6. The smallest absolute Gasteiger partial charge is 0.243 e. The van der Waals surface area contributed by atoms with Crippen molar-refractivity contribution >= 4 is 15.8 Å². The van der Waals surface area contributed by atoms with Crippen molar-refractivity contribution in [3.05, 3.63) is 65.2 Å². The molecule has 0 amide bonds. The molecule has 0 aromatic heterocycles. The van der Waals surface area contributed by atoms with Crippen LogP contribution in [0.3, 0.4) is 0 Å². The molecule has 0 radical (unpaired) electrons. The standard InChI is InChI=1S/C23H30N2O3S/c1-18(26)20-6-5-7-22(16-20)29(27,28)25-14-12-24(13-15-25)17-19-8-10-21(11-9-19)23(2,3)4/h5-11,16H,12-15,17H2,1-4H3. The molecule has 1 heterocycles. The molecule has 3 rings (SSSR count). The highest BCUT2D eigenvalue weighted by Gasteiger charge is 2.28. The van der Waals surface area contributed by atoms with Crippen LogP contribution in [-0.2, 0) is 22.0 Å². The van der Waals surface area contributed by atoms with Crippen LogP contribution in [0.2, 0.25) is 0 Å². The Bertz CT molecular complexity index is 968. The van der Waals surface area contributed by atoms with Gasteiger partial charge in [0.15, 0.2) is 5.78 Å². The van der Waals surface area contributed by atoms with Gasteiger partial charge in [-0.3, -0.25) is 9.69 Å². The number of carbonyl (C=O) groups excluding carboxylic acids is 1. The summed E-state index contributed by atoms with van der Waals surface area (Å²) in [6.45, 7) is 11.1. The van der Waals surface area contributed by atoms with Gasteiger partial charge >= 0.3 is 0 Å². The Kier molecular flexibility index (Phi) is 6.27. The Morgan fingerprint density at radius 2 is 1.59 bits per heavy atom. The van der Waals surface area contributed by atoms with Crippen LogP contribution in [0.15, 0.2) is 53.4 Å². The fourth-order valence-corrected chi connectivity index (χ4v) is 4.99. The third-order valence-corrected chi connectivity index (χ3v) is 7.33. The number of piperazine rings is 1. The van der Waals surface area contributed by atoms with E-state index in [4.69, 9.17) is 0 Å². The lowest BCUT2D eigenvalue weighted by atomic mass is 9.87. The van der Waals surface area contributed by atoms with Gasteiger partial charge in [-0.15, -0.1) is 0 Å². The highest BCUT2D eigenvalue weighted by atomic mass is 32.2. The summed E-state index contributed by atoms with van der Waals surface area (Å²) in [5, 5.41) is 0. The van der Waals surface area contributed by atoms with E-state index in [0.717, 1.165) is 6.54 Å². The SMILES string of the molecule is CC(=O)c1cccc(S(=O)(=O)N2CCN(Cc3ccc(C(C)(C)C)cc3)CC2)c1. The molecule has 0 saturated carbocycles. The van der Waals surface area contributed by atoms with E-state index >= 15 is 0 Å². The van der Waals surface area contributed by atoms with Crippen molar-refractivity contribution in [3.63, 3.8) is 0 Å². The fraction of sp³-hybridized carbons (Fsp3) is 0.435. The summed E-state index contributed by atoms with van der Waals surface area (Å²) in [4.78, 5) is 14.1. The van der Waals surface area contributed by atoms with E-state index in [1.807, 2.05) is 0 Å². The monoisotopic (exact) mass is 414 g/mol. The van der Waals surface area contributed by atoms with Crippen LogP contribution in [0.5, 0.6) is 0 Å². The second kappa shape index (κ2) is 8.38. The maximum absolute atomic E-state index is 13.0. The molecule has 0 bridgehead atoms. The van der Waals surface area contributed by atoms with Gasteiger partial charge in [0, 0.05) is 38.3 Å². The topological polar surface area (TPSA) is 57.7 Å². The average Bonchev–Trinajstić information content (AvgIpc) is 2.68. The molecule has 0 spiro atoms. The molecular weight excluding hydrogens is 384 g/mol. The van der Waals surface area contributed by atoms with Gasteiger partial charge in [0.05, 0.1) is 4.90 Å². The van der Waals surface area contributed by atoms with E-state index in [0.29, 0.717) is 31.7 Å². The summed E-state index contributed by atoms with van der Waals surface area (Å²) >= 11 is 0. The van der Waals surface area contributed by atoms with Crippen LogP contribution in [-0.4, -0.2) is 49.6 Å². The van der Waals surface area contributed by atoms with E-state index < -0.39 is 10.0 Å². The maximum Gasteiger partial charge on any atom is 0.243 e. The molecule has 0 aliphatic carbocycles. The van der Waals surface area contributed by atoms with Gasteiger partial charge < -0.3 is 0 Å². The van der Waals surface area contributed by atoms with E-state index in [2.05, 4.69) is 49.9 Å². The van der Waals surface area contributed by atoms with Crippen molar-refractivity contribution < 1.29 is 13.2 Å². The first-order valence-electron chi connectivity index (χ1n) is 10.0. The van der Waals surface area contributed by atoms with Crippen molar-refractivity contribution in [3.8, 4) is 0 Å². The van der Waals surface area contributed by atoms with E-state index in [1.165, 1.54) is 28.4 Å². The van der Waals surface area contributed by atoms with Gasteiger partial charge in [-0.05, 0) is 35.6 Å². The van der Waals surface area contributed by atoms with Crippen LogP contribution in [0, 0.1) is 0 Å². The Labute approximate surface area is 174 Å². The van der Waals surface area contributed by atoms with E-state index in [9.17, 15) is 13.2 Å². The van der Waals surface area contributed by atoms with Crippen LogP contribution >= 0.6 is 0 Å². The molecular formula is C23H30N2O3S. The lowest BCUT2D eigenvalue weighted by molar-refractivity contribution is 0.101. The van der Waals surface area contributed by atoms with Gasteiger partial charge in [-0.1, -0.05) is 57.2 Å². The van der Waals surface area contributed by atoms with E-state index in [-0.39, 0.29) is 16.1 Å². The molecule has 5 nitrogen and oxygen atoms in total. The quantitative estimate of drug-likeness (QED) is 0.700. The normalized spacial score (nSPS) is 16.7. The summed E-state index contributed by atoms with van der Waals surface area (Å²) in [7, 11) is -3.58. The zero-order valence-electron chi connectivity index (χ0n) is 17.7. The summed E-state index contributed by atoms with van der Waals surface area (Å²) in [5.74, 6) is -0.135. The molecule has 0 N–H and O–H groups in total. The molecule has 156 valence electrons. The van der Waals surface area contributed by atoms with Crippen LogP contribution in [0.4, 0.5) is 0 Å². The average molecular weight is 415 g/mol. The Balaban J connectivity index is 1.63. The molecule has 0 atom stereocenters. The summed E-state index contributed by atoms with van der Waals surface area (Å²) in [5.41, 5.74) is 3.11. The lowest BCUT2D eigenvalue weighted by Gasteiger charge is -2.34. The molecule has 1 aliphatic rings. The second-order valence-electron chi connectivity index (χ2n) is 8.71. The number of ketones is 1. The largest absolute Gasteiger partial charge is 0.296 e. The first-order valence-corrected chi connectivity index (χ1v) is 11.4. The molecule has 2 aromatic carbocycles. The summed E-state index contributed by atoms with van der Waals surface area (Å²) < 4.78 is 27.4. The highest BCUT2D eigenvalue weighted by Crippen LogP contribution is 2.23. The van der Waals surface area contributed by atoms with Crippen molar-refractivity contribution in [1.82, 2.24) is 9.21 Å². The third-order valence-electron chi connectivity index (χ3n) is 5.44. The molecule has 1 aliphatic heterocycles. The van der Waals surface area contributed by atoms with Crippen molar-refractivity contribution in [2.45, 2.75) is 44.6 Å². The first-order chi connectivity index (χ1) is 13.6. The Morgan fingerprint density at radius 3 is 2.14 bits per heavy atom. The van der Waals surface area contributed by atoms with Gasteiger partial charge in [-0.2, -0.15) is 4.31 Å². The van der Waals surface area contributed by atoms with Crippen molar-refractivity contribution in [2.75, 3.05) is 26.2 Å². The minimum absolute atomic E-state index is 0.135. The zero-order chi connectivity index (χ0) is 21.2. The molecule has 0 unspecified atom stereocenters. The van der Waals surface area contributed by atoms with Gasteiger partial charge in [-0.25, -0.2) is 8.42 Å². The predicted molar refractivity (Wildman–Crippen MR) is 116 cm³/mol. The third kappa shape index (κ3) is 5.13. The predicted octanol–water partition coefficient (Wildman–Crippen LogP) is 3.69. The maximum atomic E-state index is 13.0. The minimum Gasteiger partial charge on any atom is -0.296 e. The Morgan fingerprint density at radius 1 is 0.966 bits per heavy atom. The number of carbonyl (C=O) groups is 1. The van der Waals surface area contributed by atoms with Gasteiger partial charge in [0.25, 0.3) is 0 Å². The highest BCUT2D eigenvalue weighted by molar-refractivity contribution is 7.89. The van der Waals surface area contributed by atoms with Crippen LogP contribution in [0.1, 0.15) is 49.2 Å². The molecule has 6 heteroatoms. The van der Waals surface area contributed by atoms with Gasteiger partial charge in [0.2, 0.25) is 10.0 Å². The van der Waals surface area contributed by atoms with Crippen molar-refractivity contribution in [2.24, 2.45) is 0 Å². The van der Waals surface area contributed by atoms with Crippen molar-refractivity contribution in [1.29, 1.82) is 0 Å². The number of nitrogens with zero attached hydrogens (tertiary/aromatic N) is 2. The molecule has 2 aromatic rings. The number of benzene rings is 2. The lowest BCUT2D eigenvalue weighted by Crippen LogP contribution is -2.48. The van der Waals surface area contributed by atoms with Gasteiger partial charge in [0.1, 0.15) is 0 Å². The summed E-state index contributed by atoms with van der Waals surface area (Å²) in [6, 6.07) is 15.0. The molecule has 1 fully saturated rings. The van der Waals surface area contributed by atoms with Crippen LogP contribution < -0.4 is 0 Å². The molecule has 1 saturated heterocycles. The van der Waals surface area contributed by atoms with E-state index in [1.54, 1.807) is 18.2 Å². The number of rotatable bonds is 5. The number of sulfonamides is 1. The minimum atomic E-state index is -3.58. The number of hydrogen-bond donors (Lipinski definition) is 0. The Hall–Kier alpha value is -2.02. The number of hydrogen-bond acceptors (Lipinski definition) is 4. The molecule has 29 heavy (non-hydrogen) atoms. The van der Waals surface area contributed by atoms with Crippen LogP contribution in [0.25, 0.3) is 0 Å². The first kappa shape index (κ1) is 21.7.